The molecule has 0 saturated heterocycles. The van der Waals surface area contributed by atoms with Crippen LogP contribution in [0, 0.1) is 6.92 Å². The SMILES string of the molecule is Cc1ccc(OCCNC(=O)c2ccc(=O)n(-c3ccccc3)n2)cc1. The number of carbonyl (C=O) groups excluding carboxylic acids is 1. The second-order valence-corrected chi connectivity index (χ2v) is 5.72. The summed E-state index contributed by atoms with van der Waals surface area (Å²) in [5, 5.41) is 6.88. The molecule has 26 heavy (non-hydrogen) atoms. The number of nitrogens with zero attached hydrogens (tertiary/aromatic N) is 2. The molecule has 6 heteroatoms. The highest BCUT2D eigenvalue weighted by atomic mass is 16.5. The fourth-order valence-electron chi connectivity index (χ4n) is 2.34. The number of hydrogen-bond acceptors (Lipinski definition) is 4. The molecule has 1 aromatic heterocycles. The lowest BCUT2D eigenvalue weighted by molar-refractivity contribution is 0.0940. The summed E-state index contributed by atoms with van der Waals surface area (Å²) < 4.78 is 6.78. The molecule has 0 radical (unpaired) electrons. The average Bonchev–Trinajstić information content (AvgIpc) is 2.67. The van der Waals surface area contributed by atoms with Crippen LogP contribution in [-0.4, -0.2) is 28.8 Å². The van der Waals surface area contributed by atoms with Gasteiger partial charge in [0.15, 0.2) is 0 Å². The first-order chi connectivity index (χ1) is 12.6. The van der Waals surface area contributed by atoms with Gasteiger partial charge in [0.25, 0.3) is 11.5 Å². The molecule has 0 aliphatic rings. The Bertz CT molecular complexity index is 935. The number of hydrogen-bond donors (Lipinski definition) is 1. The number of para-hydroxylation sites is 1. The molecule has 2 aromatic carbocycles. The van der Waals surface area contributed by atoms with Crippen LogP contribution in [0.5, 0.6) is 5.75 Å². The summed E-state index contributed by atoms with van der Waals surface area (Å²) >= 11 is 0. The smallest absolute Gasteiger partial charge is 0.271 e. The van der Waals surface area contributed by atoms with Gasteiger partial charge in [0.2, 0.25) is 0 Å². The Balaban J connectivity index is 1.59. The van der Waals surface area contributed by atoms with Gasteiger partial charge < -0.3 is 10.1 Å². The van der Waals surface area contributed by atoms with Crippen LogP contribution in [-0.2, 0) is 0 Å². The fraction of sp³-hybridized carbons (Fsp3) is 0.150. The Morgan fingerprint density at radius 2 is 1.77 bits per heavy atom. The Hall–Kier alpha value is -3.41. The first kappa shape index (κ1) is 17.4. The summed E-state index contributed by atoms with van der Waals surface area (Å²) in [4.78, 5) is 24.2. The van der Waals surface area contributed by atoms with Crippen LogP contribution >= 0.6 is 0 Å². The number of benzene rings is 2. The topological polar surface area (TPSA) is 73.2 Å². The molecule has 0 saturated carbocycles. The van der Waals surface area contributed by atoms with Crippen molar-refractivity contribution in [1.82, 2.24) is 15.1 Å². The maximum atomic E-state index is 12.3. The van der Waals surface area contributed by atoms with E-state index in [9.17, 15) is 9.59 Å². The number of ether oxygens (including phenoxy) is 1. The molecule has 0 fully saturated rings. The van der Waals surface area contributed by atoms with Crippen molar-refractivity contribution in [2.24, 2.45) is 0 Å². The lowest BCUT2D eigenvalue weighted by Crippen LogP contribution is -2.31. The summed E-state index contributed by atoms with van der Waals surface area (Å²) in [5.74, 6) is 0.391. The molecular weight excluding hydrogens is 330 g/mol. The molecule has 1 amide bonds. The van der Waals surface area contributed by atoms with Gasteiger partial charge in [-0.2, -0.15) is 9.78 Å². The lowest BCUT2D eigenvalue weighted by Gasteiger charge is -2.09. The maximum Gasteiger partial charge on any atom is 0.271 e. The lowest BCUT2D eigenvalue weighted by atomic mass is 10.2. The molecule has 132 valence electrons. The van der Waals surface area contributed by atoms with Crippen molar-refractivity contribution < 1.29 is 9.53 Å². The second-order valence-electron chi connectivity index (χ2n) is 5.72. The minimum atomic E-state index is -0.359. The minimum Gasteiger partial charge on any atom is -0.492 e. The van der Waals surface area contributed by atoms with Gasteiger partial charge in [0, 0.05) is 6.07 Å². The van der Waals surface area contributed by atoms with E-state index in [2.05, 4.69) is 10.4 Å². The zero-order chi connectivity index (χ0) is 18.4. The van der Waals surface area contributed by atoms with Crippen molar-refractivity contribution in [2.45, 2.75) is 6.92 Å². The quantitative estimate of drug-likeness (QED) is 0.693. The monoisotopic (exact) mass is 349 g/mol. The van der Waals surface area contributed by atoms with Gasteiger partial charge in [-0.05, 0) is 37.3 Å². The number of amides is 1. The van der Waals surface area contributed by atoms with Crippen molar-refractivity contribution in [2.75, 3.05) is 13.2 Å². The van der Waals surface area contributed by atoms with Gasteiger partial charge in [-0.1, -0.05) is 35.9 Å². The van der Waals surface area contributed by atoms with E-state index in [0.29, 0.717) is 18.8 Å². The minimum absolute atomic E-state index is 0.170. The van der Waals surface area contributed by atoms with E-state index in [1.165, 1.54) is 16.8 Å². The summed E-state index contributed by atoms with van der Waals surface area (Å²) in [6, 6.07) is 19.4. The number of aryl methyl sites for hydroxylation is 1. The first-order valence-electron chi connectivity index (χ1n) is 8.27. The normalized spacial score (nSPS) is 10.3. The predicted octanol–water partition coefficient (Wildman–Crippen LogP) is 2.35. The Morgan fingerprint density at radius 1 is 1.04 bits per heavy atom. The first-order valence-corrected chi connectivity index (χ1v) is 8.27. The molecule has 0 unspecified atom stereocenters. The van der Waals surface area contributed by atoms with Crippen LogP contribution in [0.1, 0.15) is 16.1 Å². The highest BCUT2D eigenvalue weighted by Crippen LogP contribution is 2.10. The predicted molar refractivity (Wildman–Crippen MR) is 98.8 cm³/mol. The molecule has 0 aliphatic carbocycles. The van der Waals surface area contributed by atoms with Crippen molar-refractivity contribution in [3.05, 3.63) is 88.3 Å². The standard InChI is InChI=1S/C20H19N3O3/c1-15-7-9-17(10-8-15)26-14-13-21-20(25)18-11-12-19(24)23(22-18)16-5-3-2-4-6-16/h2-12H,13-14H2,1H3,(H,21,25). The van der Waals surface area contributed by atoms with Gasteiger partial charge in [-0.3, -0.25) is 9.59 Å². The zero-order valence-corrected chi connectivity index (χ0v) is 14.4. The zero-order valence-electron chi connectivity index (χ0n) is 14.4. The summed E-state index contributed by atoms with van der Waals surface area (Å²) in [6.07, 6.45) is 0. The van der Waals surface area contributed by atoms with E-state index in [4.69, 9.17) is 4.74 Å². The van der Waals surface area contributed by atoms with Crippen molar-refractivity contribution >= 4 is 5.91 Å². The van der Waals surface area contributed by atoms with Gasteiger partial charge >= 0.3 is 0 Å². The Morgan fingerprint density at radius 3 is 2.50 bits per heavy atom. The van der Waals surface area contributed by atoms with E-state index >= 15 is 0 Å². The van der Waals surface area contributed by atoms with E-state index in [1.54, 1.807) is 24.3 Å². The molecule has 1 N–H and O–H groups in total. The molecular formula is C20H19N3O3. The third-order valence-electron chi connectivity index (χ3n) is 3.71. The highest BCUT2D eigenvalue weighted by molar-refractivity contribution is 5.92. The fourth-order valence-corrected chi connectivity index (χ4v) is 2.34. The van der Waals surface area contributed by atoms with Crippen molar-refractivity contribution in [3.63, 3.8) is 0 Å². The second kappa shape index (κ2) is 8.11. The summed E-state index contributed by atoms with van der Waals surface area (Å²) in [7, 11) is 0. The Labute approximate surface area is 151 Å². The molecule has 0 bridgehead atoms. The van der Waals surface area contributed by atoms with Crippen LogP contribution in [0.15, 0.2) is 71.5 Å². The molecule has 0 spiro atoms. The van der Waals surface area contributed by atoms with Gasteiger partial charge in [0.1, 0.15) is 18.1 Å². The van der Waals surface area contributed by atoms with Crippen LogP contribution < -0.4 is 15.6 Å². The van der Waals surface area contributed by atoms with E-state index < -0.39 is 0 Å². The molecule has 3 rings (SSSR count). The van der Waals surface area contributed by atoms with E-state index in [1.807, 2.05) is 37.3 Å². The third kappa shape index (κ3) is 4.36. The van der Waals surface area contributed by atoms with Crippen molar-refractivity contribution in [3.8, 4) is 11.4 Å². The largest absolute Gasteiger partial charge is 0.492 e. The number of aromatic nitrogens is 2. The van der Waals surface area contributed by atoms with Crippen LogP contribution in [0.3, 0.4) is 0 Å². The number of carbonyl (C=O) groups is 1. The highest BCUT2D eigenvalue weighted by Gasteiger charge is 2.10. The van der Waals surface area contributed by atoms with Gasteiger partial charge in [-0.15, -0.1) is 0 Å². The van der Waals surface area contributed by atoms with Gasteiger partial charge in [-0.25, -0.2) is 0 Å². The van der Waals surface area contributed by atoms with Crippen LogP contribution in [0.25, 0.3) is 5.69 Å². The Kier molecular flexibility index (Phi) is 5.43. The van der Waals surface area contributed by atoms with Gasteiger partial charge in [0.05, 0.1) is 12.2 Å². The summed E-state index contributed by atoms with van der Waals surface area (Å²) in [5.41, 5.74) is 1.64. The maximum absolute atomic E-state index is 12.3. The summed E-state index contributed by atoms with van der Waals surface area (Å²) in [6.45, 7) is 2.68. The number of nitrogens with one attached hydrogen (secondary N) is 1. The van der Waals surface area contributed by atoms with Crippen LogP contribution in [0.4, 0.5) is 0 Å². The van der Waals surface area contributed by atoms with E-state index in [0.717, 1.165) is 11.3 Å². The van der Waals surface area contributed by atoms with E-state index in [-0.39, 0.29) is 17.2 Å². The third-order valence-corrected chi connectivity index (χ3v) is 3.71. The average molecular weight is 349 g/mol. The molecule has 1 heterocycles. The molecule has 6 nitrogen and oxygen atoms in total. The molecule has 0 aliphatic heterocycles. The van der Waals surface area contributed by atoms with Crippen LogP contribution in [0.2, 0.25) is 0 Å². The molecule has 0 atom stereocenters. The molecule has 3 aromatic rings. The number of rotatable bonds is 6. The van der Waals surface area contributed by atoms with Crippen molar-refractivity contribution in [1.29, 1.82) is 0 Å².